The SMILES string of the molecule is CCCNCC(CC)(CC)CN1CCCC1C. The van der Waals surface area contributed by atoms with Gasteiger partial charge in [0.1, 0.15) is 0 Å². The molecule has 1 aliphatic heterocycles. The molecule has 102 valence electrons. The van der Waals surface area contributed by atoms with Gasteiger partial charge in [0, 0.05) is 19.1 Å². The molecule has 1 fully saturated rings. The molecule has 1 aliphatic rings. The average Bonchev–Trinajstić information content (AvgIpc) is 2.74. The molecule has 1 saturated heterocycles. The third-order valence-corrected chi connectivity index (χ3v) is 4.66. The molecule has 0 aromatic rings. The molecule has 0 radical (unpaired) electrons. The third-order valence-electron chi connectivity index (χ3n) is 4.66. The van der Waals surface area contributed by atoms with Crippen molar-refractivity contribution < 1.29 is 0 Å². The fourth-order valence-corrected chi connectivity index (χ4v) is 2.97. The normalized spacial score (nSPS) is 22.2. The molecule has 1 N–H and O–H groups in total. The number of hydrogen-bond donors (Lipinski definition) is 1. The van der Waals surface area contributed by atoms with Crippen LogP contribution in [0.15, 0.2) is 0 Å². The van der Waals surface area contributed by atoms with Gasteiger partial charge >= 0.3 is 0 Å². The summed E-state index contributed by atoms with van der Waals surface area (Å²) in [4.78, 5) is 2.71. The Labute approximate surface area is 108 Å². The maximum Gasteiger partial charge on any atom is 0.00676 e. The molecule has 0 bridgehead atoms. The van der Waals surface area contributed by atoms with Crippen molar-refractivity contribution in [2.75, 3.05) is 26.2 Å². The third kappa shape index (κ3) is 4.26. The predicted octanol–water partition coefficient (Wildman–Crippen LogP) is 3.28. The van der Waals surface area contributed by atoms with E-state index in [4.69, 9.17) is 0 Å². The molecule has 0 spiro atoms. The highest BCUT2D eigenvalue weighted by atomic mass is 15.2. The van der Waals surface area contributed by atoms with Crippen LogP contribution in [0.25, 0.3) is 0 Å². The summed E-state index contributed by atoms with van der Waals surface area (Å²) in [5.41, 5.74) is 0.494. The summed E-state index contributed by atoms with van der Waals surface area (Å²) in [6.45, 7) is 14.3. The predicted molar refractivity (Wildman–Crippen MR) is 76.4 cm³/mol. The summed E-state index contributed by atoms with van der Waals surface area (Å²) in [5.74, 6) is 0. The highest BCUT2D eigenvalue weighted by molar-refractivity contribution is 4.86. The van der Waals surface area contributed by atoms with E-state index in [1.165, 1.54) is 51.7 Å². The van der Waals surface area contributed by atoms with E-state index in [1.807, 2.05) is 0 Å². The van der Waals surface area contributed by atoms with E-state index >= 15 is 0 Å². The minimum atomic E-state index is 0.494. The molecular weight excluding hydrogens is 208 g/mol. The Morgan fingerprint density at radius 3 is 2.41 bits per heavy atom. The first-order valence-electron chi connectivity index (χ1n) is 7.62. The van der Waals surface area contributed by atoms with Crippen molar-refractivity contribution in [3.05, 3.63) is 0 Å². The van der Waals surface area contributed by atoms with Gasteiger partial charge in [0.2, 0.25) is 0 Å². The monoisotopic (exact) mass is 240 g/mol. The lowest BCUT2D eigenvalue weighted by atomic mass is 9.81. The number of rotatable bonds is 8. The first kappa shape index (κ1) is 15.0. The Bertz CT molecular complexity index is 199. The average molecular weight is 240 g/mol. The lowest BCUT2D eigenvalue weighted by Crippen LogP contribution is -2.44. The smallest absolute Gasteiger partial charge is 0.00676 e. The number of hydrogen-bond acceptors (Lipinski definition) is 2. The van der Waals surface area contributed by atoms with Gasteiger partial charge < -0.3 is 10.2 Å². The topological polar surface area (TPSA) is 15.3 Å². The number of nitrogens with one attached hydrogen (secondary N) is 1. The molecule has 0 aromatic carbocycles. The Hall–Kier alpha value is -0.0800. The molecular formula is C15H32N2. The van der Waals surface area contributed by atoms with E-state index in [0.717, 1.165) is 12.6 Å². The number of nitrogens with zero attached hydrogens (tertiary/aromatic N) is 1. The van der Waals surface area contributed by atoms with Crippen molar-refractivity contribution in [3.8, 4) is 0 Å². The molecule has 0 aromatic heterocycles. The first-order chi connectivity index (χ1) is 8.17. The second-order valence-corrected chi connectivity index (χ2v) is 5.85. The van der Waals surface area contributed by atoms with Gasteiger partial charge in [-0.1, -0.05) is 20.8 Å². The van der Waals surface area contributed by atoms with Crippen LogP contribution in [0, 0.1) is 5.41 Å². The first-order valence-corrected chi connectivity index (χ1v) is 7.62. The number of likely N-dealkylation sites (tertiary alicyclic amines) is 1. The molecule has 1 rings (SSSR count). The van der Waals surface area contributed by atoms with E-state index in [2.05, 4.69) is 37.9 Å². The molecule has 0 aliphatic carbocycles. The Morgan fingerprint density at radius 2 is 1.94 bits per heavy atom. The minimum absolute atomic E-state index is 0.494. The van der Waals surface area contributed by atoms with Gasteiger partial charge in [-0.2, -0.15) is 0 Å². The van der Waals surface area contributed by atoms with Crippen LogP contribution in [0.2, 0.25) is 0 Å². The van der Waals surface area contributed by atoms with E-state index < -0.39 is 0 Å². The quantitative estimate of drug-likeness (QED) is 0.655. The molecule has 17 heavy (non-hydrogen) atoms. The van der Waals surface area contributed by atoms with E-state index in [9.17, 15) is 0 Å². The Morgan fingerprint density at radius 1 is 1.24 bits per heavy atom. The molecule has 1 heterocycles. The maximum atomic E-state index is 3.64. The molecule has 0 saturated carbocycles. The zero-order valence-corrected chi connectivity index (χ0v) is 12.4. The van der Waals surface area contributed by atoms with Crippen LogP contribution in [0.5, 0.6) is 0 Å². The van der Waals surface area contributed by atoms with Crippen LogP contribution < -0.4 is 5.32 Å². The lowest BCUT2D eigenvalue weighted by molar-refractivity contribution is 0.130. The summed E-state index contributed by atoms with van der Waals surface area (Å²) in [5, 5.41) is 3.64. The van der Waals surface area contributed by atoms with Gasteiger partial charge in [-0.25, -0.2) is 0 Å². The Kier molecular flexibility index (Phi) is 6.50. The van der Waals surface area contributed by atoms with Crippen molar-refractivity contribution >= 4 is 0 Å². The lowest BCUT2D eigenvalue weighted by Gasteiger charge is -2.37. The van der Waals surface area contributed by atoms with Crippen molar-refractivity contribution in [1.29, 1.82) is 0 Å². The Balaban J connectivity index is 2.50. The van der Waals surface area contributed by atoms with Crippen LogP contribution in [-0.2, 0) is 0 Å². The van der Waals surface area contributed by atoms with E-state index in [0.29, 0.717) is 5.41 Å². The largest absolute Gasteiger partial charge is 0.316 e. The van der Waals surface area contributed by atoms with Crippen molar-refractivity contribution in [2.45, 2.75) is 65.8 Å². The molecule has 1 atom stereocenters. The van der Waals surface area contributed by atoms with Gasteiger partial charge in [-0.15, -0.1) is 0 Å². The molecule has 0 amide bonds. The van der Waals surface area contributed by atoms with Gasteiger partial charge in [0.15, 0.2) is 0 Å². The fraction of sp³-hybridized carbons (Fsp3) is 1.00. The maximum absolute atomic E-state index is 3.64. The zero-order valence-electron chi connectivity index (χ0n) is 12.4. The highest BCUT2D eigenvalue weighted by Gasteiger charge is 2.31. The van der Waals surface area contributed by atoms with Crippen LogP contribution in [-0.4, -0.2) is 37.1 Å². The molecule has 2 nitrogen and oxygen atoms in total. The second kappa shape index (κ2) is 7.38. The van der Waals surface area contributed by atoms with Crippen molar-refractivity contribution in [3.63, 3.8) is 0 Å². The van der Waals surface area contributed by atoms with Crippen molar-refractivity contribution in [2.24, 2.45) is 5.41 Å². The second-order valence-electron chi connectivity index (χ2n) is 5.85. The summed E-state index contributed by atoms with van der Waals surface area (Å²) in [6.07, 6.45) is 6.62. The molecule has 1 unspecified atom stereocenters. The summed E-state index contributed by atoms with van der Waals surface area (Å²) >= 11 is 0. The van der Waals surface area contributed by atoms with Gasteiger partial charge in [-0.3, -0.25) is 0 Å². The van der Waals surface area contributed by atoms with Crippen LogP contribution >= 0.6 is 0 Å². The molecule has 2 heteroatoms. The minimum Gasteiger partial charge on any atom is -0.316 e. The van der Waals surface area contributed by atoms with E-state index in [1.54, 1.807) is 0 Å². The summed E-state index contributed by atoms with van der Waals surface area (Å²) in [6, 6.07) is 0.804. The van der Waals surface area contributed by atoms with Crippen LogP contribution in [0.4, 0.5) is 0 Å². The van der Waals surface area contributed by atoms with Crippen LogP contribution in [0.1, 0.15) is 59.8 Å². The highest BCUT2D eigenvalue weighted by Crippen LogP contribution is 2.30. The van der Waals surface area contributed by atoms with Gasteiger partial charge in [0.25, 0.3) is 0 Å². The zero-order chi connectivity index (χ0) is 12.7. The van der Waals surface area contributed by atoms with E-state index in [-0.39, 0.29) is 0 Å². The van der Waals surface area contributed by atoms with Crippen LogP contribution in [0.3, 0.4) is 0 Å². The van der Waals surface area contributed by atoms with Crippen molar-refractivity contribution in [1.82, 2.24) is 10.2 Å². The summed E-state index contributed by atoms with van der Waals surface area (Å²) < 4.78 is 0. The van der Waals surface area contributed by atoms with Gasteiger partial charge in [0.05, 0.1) is 0 Å². The fourth-order valence-electron chi connectivity index (χ4n) is 2.97. The summed E-state index contributed by atoms with van der Waals surface area (Å²) in [7, 11) is 0. The standard InChI is InChI=1S/C15H32N2/c1-5-10-16-12-15(6-2,7-3)13-17-11-8-9-14(17)4/h14,16H,5-13H2,1-4H3. The van der Waals surface area contributed by atoms with Gasteiger partial charge in [-0.05, 0) is 57.5 Å².